The van der Waals surface area contributed by atoms with Gasteiger partial charge in [0.2, 0.25) is 10.0 Å². The normalized spacial score (nSPS) is 18.5. The monoisotopic (exact) mass is 375 g/mol. The third-order valence-corrected chi connectivity index (χ3v) is 6.53. The maximum Gasteiger partial charge on any atom is 0.246 e. The number of para-hydroxylation sites is 1. The maximum absolute atomic E-state index is 13.1. The molecule has 1 aliphatic heterocycles. The number of aryl methyl sites for hydroxylation is 1. The number of rotatable bonds is 6. The number of sulfonamides is 1. The molecule has 5 nitrogen and oxygen atoms in total. The third kappa shape index (κ3) is 4.19. The standard InChI is InChI=1S/C20H25NO4S/c1-16-10-11-19(24-2)20(13-16)26(22,23)21-12-6-7-17(14-21)15-25-18-8-4-3-5-9-18/h3-5,8-11,13,17H,6-7,12,14-15H2,1-2H3. The second-order valence-corrected chi connectivity index (χ2v) is 8.56. The molecule has 0 aliphatic carbocycles. The van der Waals surface area contributed by atoms with Gasteiger partial charge in [-0.3, -0.25) is 0 Å². The van der Waals surface area contributed by atoms with Crippen molar-refractivity contribution in [1.29, 1.82) is 0 Å². The van der Waals surface area contributed by atoms with Crippen LogP contribution < -0.4 is 9.47 Å². The van der Waals surface area contributed by atoms with Crippen LogP contribution in [0.15, 0.2) is 53.4 Å². The lowest BCUT2D eigenvalue weighted by Gasteiger charge is -2.32. The van der Waals surface area contributed by atoms with Crippen molar-refractivity contribution >= 4 is 10.0 Å². The first-order valence-electron chi connectivity index (χ1n) is 8.83. The van der Waals surface area contributed by atoms with E-state index in [2.05, 4.69) is 0 Å². The van der Waals surface area contributed by atoms with Gasteiger partial charge in [-0.05, 0) is 49.6 Å². The lowest BCUT2D eigenvalue weighted by molar-refractivity contribution is 0.180. The Morgan fingerprint density at radius 2 is 1.92 bits per heavy atom. The first-order valence-corrected chi connectivity index (χ1v) is 10.3. The summed E-state index contributed by atoms with van der Waals surface area (Å²) in [4.78, 5) is 0.240. The number of hydrogen-bond acceptors (Lipinski definition) is 4. The van der Waals surface area contributed by atoms with E-state index >= 15 is 0 Å². The van der Waals surface area contributed by atoms with Crippen LogP contribution in [0.4, 0.5) is 0 Å². The molecule has 0 N–H and O–H groups in total. The van der Waals surface area contributed by atoms with Crippen molar-refractivity contribution in [3.05, 3.63) is 54.1 Å². The zero-order valence-corrected chi connectivity index (χ0v) is 16.0. The molecule has 6 heteroatoms. The highest BCUT2D eigenvalue weighted by Gasteiger charge is 2.32. The number of piperidine rings is 1. The zero-order chi connectivity index (χ0) is 18.6. The van der Waals surface area contributed by atoms with Gasteiger partial charge in [0.15, 0.2) is 0 Å². The second-order valence-electron chi connectivity index (χ2n) is 6.65. The molecular weight excluding hydrogens is 350 g/mol. The molecule has 1 saturated heterocycles. The Morgan fingerprint density at radius 1 is 1.15 bits per heavy atom. The fourth-order valence-corrected chi connectivity index (χ4v) is 5.03. The van der Waals surface area contributed by atoms with E-state index in [0.717, 1.165) is 24.2 Å². The van der Waals surface area contributed by atoms with Crippen LogP contribution in [0.2, 0.25) is 0 Å². The van der Waals surface area contributed by atoms with Crippen LogP contribution in [0.3, 0.4) is 0 Å². The van der Waals surface area contributed by atoms with Gasteiger partial charge in [-0.1, -0.05) is 24.3 Å². The van der Waals surface area contributed by atoms with Crippen LogP contribution in [0, 0.1) is 12.8 Å². The summed E-state index contributed by atoms with van der Waals surface area (Å²) in [5.41, 5.74) is 0.894. The molecule has 1 aliphatic rings. The Morgan fingerprint density at radius 3 is 2.65 bits per heavy atom. The Balaban J connectivity index is 1.73. The van der Waals surface area contributed by atoms with Crippen molar-refractivity contribution in [3.63, 3.8) is 0 Å². The van der Waals surface area contributed by atoms with E-state index in [1.54, 1.807) is 16.4 Å². The smallest absolute Gasteiger partial charge is 0.246 e. The first kappa shape index (κ1) is 18.7. The maximum atomic E-state index is 13.1. The highest BCUT2D eigenvalue weighted by atomic mass is 32.2. The van der Waals surface area contributed by atoms with Gasteiger partial charge in [0.1, 0.15) is 16.4 Å². The topological polar surface area (TPSA) is 55.8 Å². The van der Waals surface area contributed by atoms with E-state index < -0.39 is 10.0 Å². The summed E-state index contributed by atoms with van der Waals surface area (Å²) in [7, 11) is -2.09. The minimum absolute atomic E-state index is 0.175. The third-order valence-electron chi connectivity index (χ3n) is 4.65. The minimum atomic E-state index is -3.59. The Hall–Kier alpha value is -2.05. The molecule has 26 heavy (non-hydrogen) atoms. The molecule has 2 aromatic rings. The molecule has 1 atom stereocenters. The number of nitrogens with zero attached hydrogens (tertiary/aromatic N) is 1. The average Bonchev–Trinajstić information content (AvgIpc) is 2.67. The molecule has 3 rings (SSSR count). The average molecular weight is 375 g/mol. The number of ether oxygens (including phenoxy) is 2. The fourth-order valence-electron chi connectivity index (χ4n) is 3.24. The molecule has 1 fully saturated rings. The highest BCUT2D eigenvalue weighted by Crippen LogP contribution is 2.30. The van der Waals surface area contributed by atoms with Crippen LogP contribution >= 0.6 is 0 Å². The van der Waals surface area contributed by atoms with Crippen LogP contribution in [-0.2, 0) is 10.0 Å². The van der Waals surface area contributed by atoms with E-state index in [-0.39, 0.29) is 10.8 Å². The predicted molar refractivity (Wildman–Crippen MR) is 101 cm³/mol. The summed E-state index contributed by atoms with van der Waals surface area (Å²) in [6, 6.07) is 14.9. The molecule has 0 spiro atoms. The second kappa shape index (κ2) is 8.10. The number of methoxy groups -OCH3 is 1. The van der Waals surface area contributed by atoms with Crippen LogP contribution in [-0.4, -0.2) is 39.5 Å². The van der Waals surface area contributed by atoms with Crippen molar-refractivity contribution in [2.24, 2.45) is 5.92 Å². The van der Waals surface area contributed by atoms with Crippen LogP contribution in [0.1, 0.15) is 18.4 Å². The number of hydrogen-bond donors (Lipinski definition) is 0. The van der Waals surface area contributed by atoms with Crippen molar-refractivity contribution in [2.75, 3.05) is 26.8 Å². The molecular formula is C20H25NO4S. The molecule has 0 saturated carbocycles. The van der Waals surface area contributed by atoms with Crippen molar-refractivity contribution in [3.8, 4) is 11.5 Å². The molecule has 0 bridgehead atoms. The largest absolute Gasteiger partial charge is 0.495 e. The lowest BCUT2D eigenvalue weighted by atomic mass is 10.0. The van der Waals surface area contributed by atoms with Gasteiger partial charge in [-0.15, -0.1) is 0 Å². The SMILES string of the molecule is COc1ccc(C)cc1S(=O)(=O)N1CCCC(COc2ccccc2)C1. The van der Waals surface area contributed by atoms with Gasteiger partial charge in [0, 0.05) is 19.0 Å². The summed E-state index contributed by atoms with van der Waals surface area (Å²) < 4.78 is 39.0. The molecule has 2 aromatic carbocycles. The van der Waals surface area contributed by atoms with E-state index in [1.165, 1.54) is 7.11 Å². The minimum Gasteiger partial charge on any atom is -0.495 e. The Kier molecular flexibility index (Phi) is 5.84. The molecule has 0 aromatic heterocycles. The lowest BCUT2D eigenvalue weighted by Crippen LogP contribution is -2.41. The Labute approximate surface area is 155 Å². The fraction of sp³-hybridized carbons (Fsp3) is 0.400. The van der Waals surface area contributed by atoms with Gasteiger partial charge >= 0.3 is 0 Å². The van der Waals surface area contributed by atoms with Gasteiger partial charge in [-0.2, -0.15) is 4.31 Å². The van der Waals surface area contributed by atoms with E-state index in [4.69, 9.17) is 9.47 Å². The summed E-state index contributed by atoms with van der Waals surface area (Å²) in [5.74, 6) is 1.38. The molecule has 140 valence electrons. The Bertz CT molecular complexity index is 836. The summed E-state index contributed by atoms with van der Waals surface area (Å²) in [6.07, 6.45) is 1.79. The van der Waals surface area contributed by atoms with Crippen LogP contribution in [0.5, 0.6) is 11.5 Å². The van der Waals surface area contributed by atoms with Crippen molar-refractivity contribution in [1.82, 2.24) is 4.31 Å². The molecule has 0 amide bonds. The van der Waals surface area contributed by atoms with Gasteiger partial charge in [-0.25, -0.2) is 8.42 Å². The first-order chi connectivity index (χ1) is 12.5. The van der Waals surface area contributed by atoms with Crippen molar-refractivity contribution < 1.29 is 17.9 Å². The number of benzene rings is 2. The quantitative estimate of drug-likeness (QED) is 0.776. The predicted octanol–water partition coefficient (Wildman–Crippen LogP) is 3.48. The van der Waals surface area contributed by atoms with Crippen LogP contribution in [0.25, 0.3) is 0 Å². The van der Waals surface area contributed by atoms with E-state index in [1.807, 2.05) is 43.3 Å². The molecule has 1 unspecified atom stereocenters. The summed E-state index contributed by atoms with van der Waals surface area (Å²) >= 11 is 0. The van der Waals surface area contributed by atoms with Gasteiger partial charge in [0.25, 0.3) is 0 Å². The summed E-state index contributed by atoms with van der Waals surface area (Å²) in [5, 5.41) is 0. The molecule has 1 heterocycles. The summed E-state index contributed by atoms with van der Waals surface area (Å²) in [6.45, 7) is 3.39. The highest BCUT2D eigenvalue weighted by molar-refractivity contribution is 7.89. The van der Waals surface area contributed by atoms with E-state index in [0.29, 0.717) is 25.4 Å². The zero-order valence-electron chi connectivity index (χ0n) is 15.2. The van der Waals surface area contributed by atoms with E-state index in [9.17, 15) is 8.42 Å². The van der Waals surface area contributed by atoms with Crippen molar-refractivity contribution in [2.45, 2.75) is 24.7 Å². The van der Waals surface area contributed by atoms with Gasteiger partial charge in [0.05, 0.1) is 13.7 Å². The van der Waals surface area contributed by atoms with Gasteiger partial charge < -0.3 is 9.47 Å². The molecule has 0 radical (unpaired) electrons.